The van der Waals surface area contributed by atoms with Crippen LogP contribution in [0.1, 0.15) is 24.0 Å². The molecule has 1 N–H and O–H groups in total. The molecule has 1 aromatic heterocycles. The highest BCUT2D eigenvalue weighted by Crippen LogP contribution is 2.20. The molecular formula is C12H15N3O. The summed E-state index contributed by atoms with van der Waals surface area (Å²) in [5, 5.41) is 12.3. The second-order valence-corrected chi connectivity index (χ2v) is 4.01. The van der Waals surface area contributed by atoms with Crippen molar-refractivity contribution in [1.82, 2.24) is 10.3 Å². The number of nitrogens with one attached hydrogen (secondary N) is 1. The number of hydrogen-bond donors (Lipinski definition) is 1. The Morgan fingerprint density at radius 2 is 2.50 bits per heavy atom. The minimum absolute atomic E-state index is 0.134. The van der Waals surface area contributed by atoms with Crippen molar-refractivity contribution in [2.75, 3.05) is 13.1 Å². The van der Waals surface area contributed by atoms with Crippen molar-refractivity contribution in [2.45, 2.75) is 25.9 Å². The molecule has 0 bridgehead atoms. The van der Waals surface area contributed by atoms with E-state index < -0.39 is 0 Å². The number of rotatable bonds is 2. The lowest BCUT2D eigenvalue weighted by Gasteiger charge is -2.23. The number of piperidine rings is 1. The zero-order valence-electron chi connectivity index (χ0n) is 9.36. The maximum absolute atomic E-state index is 9.04. The predicted molar refractivity (Wildman–Crippen MR) is 60.2 cm³/mol. The van der Waals surface area contributed by atoms with Crippen LogP contribution in [0.25, 0.3) is 0 Å². The molecule has 0 saturated carbocycles. The molecule has 4 heteroatoms. The van der Waals surface area contributed by atoms with E-state index in [-0.39, 0.29) is 6.10 Å². The highest BCUT2D eigenvalue weighted by atomic mass is 16.5. The molecule has 1 aliphatic rings. The predicted octanol–water partition coefficient (Wildman–Crippen LogP) is 1.39. The largest absolute Gasteiger partial charge is 0.472 e. The zero-order valence-corrected chi connectivity index (χ0v) is 9.36. The molecule has 0 unspecified atom stereocenters. The Hall–Kier alpha value is -1.60. The molecule has 0 aromatic carbocycles. The van der Waals surface area contributed by atoms with Crippen LogP contribution in [0.5, 0.6) is 5.88 Å². The van der Waals surface area contributed by atoms with Crippen LogP contribution < -0.4 is 10.1 Å². The third-order valence-electron chi connectivity index (χ3n) is 2.77. The Balaban J connectivity index is 2.14. The molecule has 4 nitrogen and oxygen atoms in total. The molecule has 2 rings (SSSR count). The second kappa shape index (κ2) is 4.95. The molecule has 0 radical (unpaired) electrons. The van der Waals surface area contributed by atoms with Gasteiger partial charge in [0.2, 0.25) is 5.88 Å². The first-order chi connectivity index (χ1) is 7.81. The minimum atomic E-state index is 0.134. The molecular weight excluding hydrogens is 202 g/mol. The van der Waals surface area contributed by atoms with Gasteiger partial charge in [-0.25, -0.2) is 4.98 Å². The Morgan fingerprint density at radius 1 is 1.62 bits per heavy atom. The monoisotopic (exact) mass is 217 g/mol. The summed E-state index contributed by atoms with van der Waals surface area (Å²) in [4.78, 5) is 4.13. The van der Waals surface area contributed by atoms with Gasteiger partial charge in [-0.2, -0.15) is 5.26 Å². The van der Waals surface area contributed by atoms with Crippen molar-refractivity contribution in [3.05, 3.63) is 23.4 Å². The van der Waals surface area contributed by atoms with Crippen LogP contribution in [0.4, 0.5) is 0 Å². The normalized spacial score (nSPS) is 20.1. The van der Waals surface area contributed by atoms with Crippen molar-refractivity contribution in [3.63, 3.8) is 0 Å². The molecule has 0 spiro atoms. The number of nitriles is 1. The summed E-state index contributed by atoms with van der Waals surface area (Å²) in [6, 6.07) is 3.97. The van der Waals surface area contributed by atoms with E-state index in [9.17, 15) is 0 Å². The number of ether oxygens (including phenoxy) is 1. The van der Waals surface area contributed by atoms with Gasteiger partial charge in [-0.3, -0.25) is 0 Å². The fourth-order valence-corrected chi connectivity index (χ4v) is 1.84. The van der Waals surface area contributed by atoms with E-state index in [0.717, 1.165) is 31.5 Å². The average Bonchev–Trinajstić information content (AvgIpc) is 2.31. The van der Waals surface area contributed by atoms with Crippen LogP contribution in [0.2, 0.25) is 0 Å². The summed E-state index contributed by atoms with van der Waals surface area (Å²) in [6.07, 6.45) is 3.95. The van der Waals surface area contributed by atoms with Crippen molar-refractivity contribution < 1.29 is 4.74 Å². The summed E-state index contributed by atoms with van der Waals surface area (Å²) >= 11 is 0. The van der Waals surface area contributed by atoms with Crippen molar-refractivity contribution in [3.8, 4) is 11.9 Å². The second-order valence-electron chi connectivity index (χ2n) is 4.01. The lowest BCUT2D eigenvalue weighted by molar-refractivity contribution is 0.160. The topological polar surface area (TPSA) is 57.9 Å². The fourth-order valence-electron chi connectivity index (χ4n) is 1.84. The lowest BCUT2D eigenvalue weighted by Crippen LogP contribution is -2.37. The molecule has 1 atom stereocenters. The highest BCUT2D eigenvalue weighted by Gasteiger charge is 2.17. The van der Waals surface area contributed by atoms with Gasteiger partial charge in [0, 0.05) is 12.7 Å². The van der Waals surface area contributed by atoms with Gasteiger partial charge in [-0.1, -0.05) is 0 Å². The first-order valence-corrected chi connectivity index (χ1v) is 5.54. The van der Waals surface area contributed by atoms with Crippen LogP contribution in [0, 0.1) is 18.3 Å². The van der Waals surface area contributed by atoms with Crippen LogP contribution in [-0.2, 0) is 0 Å². The number of aryl methyl sites for hydroxylation is 1. The maximum atomic E-state index is 9.04. The molecule has 0 aliphatic carbocycles. The van der Waals surface area contributed by atoms with Gasteiger partial charge in [-0.05, 0) is 37.9 Å². The molecule has 1 fully saturated rings. The Kier molecular flexibility index (Phi) is 3.37. The smallest absolute Gasteiger partial charge is 0.232 e. The van der Waals surface area contributed by atoms with E-state index in [4.69, 9.17) is 10.00 Å². The van der Waals surface area contributed by atoms with E-state index in [1.54, 1.807) is 6.20 Å². The summed E-state index contributed by atoms with van der Waals surface area (Å²) in [5.74, 6) is 0.469. The van der Waals surface area contributed by atoms with E-state index in [1.807, 2.05) is 13.0 Å². The van der Waals surface area contributed by atoms with Gasteiger partial charge in [0.05, 0.1) is 0 Å². The number of nitrogens with zero attached hydrogens (tertiary/aromatic N) is 2. The fraction of sp³-hybridized carbons (Fsp3) is 0.500. The molecule has 84 valence electrons. The molecule has 0 amide bonds. The number of pyridine rings is 1. The maximum Gasteiger partial charge on any atom is 0.232 e. The number of aromatic nitrogens is 1. The summed E-state index contributed by atoms with van der Waals surface area (Å²) in [5.41, 5.74) is 1.46. The van der Waals surface area contributed by atoms with Crippen LogP contribution in [0.3, 0.4) is 0 Å². The average molecular weight is 217 g/mol. The van der Waals surface area contributed by atoms with Crippen LogP contribution in [-0.4, -0.2) is 24.2 Å². The van der Waals surface area contributed by atoms with Gasteiger partial charge in [0.1, 0.15) is 17.7 Å². The first kappa shape index (κ1) is 10.9. The Labute approximate surface area is 95.3 Å². The standard InChI is InChI=1S/C12H15N3O/c1-9-4-6-15-12(11(9)7-13)16-10-3-2-5-14-8-10/h4,6,10,14H,2-3,5,8H2,1H3/t10-/m0/s1. The van der Waals surface area contributed by atoms with E-state index in [2.05, 4.69) is 16.4 Å². The zero-order chi connectivity index (χ0) is 11.4. The Bertz CT molecular complexity index is 405. The van der Waals surface area contributed by atoms with Gasteiger partial charge in [0.25, 0.3) is 0 Å². The van der Waals surface area contributed by atoms with Crippen molar-refractivity contribution >= 4 is 0 Å². The van der Waals surface area contributed by atoms with Gasteiger partial charge >= 0.3 is 0 Å². The summed E-state index contributed by atoms with van der Waals surface area (Å²) < 4.78 is 5.76. The summed E-state index contributed by atoms with van der Waals surface area (Å²) in [7, 11) is 0. The minimum Gasteiger partial charge on any atom is -0.472 e. The van der Waals surface area contributed by atoms with E-state index in [1.165, 1.54) is 0 Å². The lowest BCUT2D eigenvalue weighted by atomic mass is 10.1. The molecule has 1 aliphatic heterocycles. The highest BCUT2D eigenvalue weighted by molar-refractivity contribution is 5.43. The van der Waals surface area contributed by atoms with Crippen LogP contribution in [0.15, 0.2) is 12.3 Å². The van der Waals surface area contributed by atoms with Gasteiger partial charge < -0.3 is 10.1 Å². The third kappa shape index (κ3) is 2.31. The quantitative estimate of drug-likeness (QED) is 0.813. The molecule has 16 heavy (non-hydrogen) atoms. The summed E-state index contributed by atoms with van der Waals surface area (Å²) in [6.45, 7) is 3.78. The van der Waals surface area contributed by atoms with Crippen molar-refractivity contribution in [2.24, 2.45) is 0 Å². The van der Waals surface area contributed by atoms with Gasteiger partial charge in [-0.15, -0.1) is 0 Å². The van der Waals surface area contributed by atoms with Gasteiger partial charge in [0.15, 0.2) is 0 Å². The molecule has 1 saturated heterocycles. The van der Waals surface area contributed by atoms with Crippen molar-refractivity contribution in [1.29, 1.82) is 5.26 Å². The number of hydrogen-bond acceptors (Lipinski definition) is 4. The Morgan fingerprint density at radius 3 is 3.19 bits per heavy atom. The molecule has 2 heterocycles. The van der Waals surface area contributed by atoms with E-state index >= 15 is 0 Å². The van der Waals surface area contributed by atoms with E-state index in [0.29, 0.717) is 11.4 Å². The molecule has 1 aromatic rings. The third-order valence-corrected chi connectivity index (χ3v) is 2.77. The first-order valence-electron chi connectivity index (χ1n) is 5.54. The van der Waals surface area contributed by atoms with Crippen LogP contribution >= 0.6 is 0 Å². The SMILES string of the molecule is Cc1ccnc(O[C@H]2CCCNC2)c1C#N.